The Kier molecular flexibility index (Phi) is 3.81. The minimum absolute atomic E-state index is 0.464. The lowest BCUT2D eigenvalue weighted by molar-refractivity contribution is 0.415. The Balaban J connectivity index is 1.88. The SMILES string of the molecule is COc1cc(Br)cc(Nc2cc(Cl)nc(C3CC3)n2)c1. The summed E-state index contributed by atoms with van der Waals surface area (Å²) >= 11 is 9.50. The number of benzene rings is 1. The highest BCUT2D eigenvalue weighted by molar-refractivity contribution is 9.10. The first kappa shape index (κ1) is 13.6. The van der Waals surface area contributed by atoms with Crippen molar-refractivity contribution in [2.45, 2.75) is 18.8 Å². The van der Waals surface area contributed by atoms with Gasteiger partial charge in [0.2, 0.25) is 0 Å². The van der Waals surface area contributed by atoms with Crippen molar-refractivity contribution in [2.24, 2.45) is 0 Å². The number of ether oxygens (including phenoxy) is 1. The van der Waals surface area contributed by atoms with E-state index in [0.717, 1.165) is 34.6 Å². The maximum absolute atomic E-state index is 6.05. The summed E-state index contributed by atoms with van der Waals surface area (Å²) in [6.45, 7) is 0. The molecule has 1 aliphatic rings. The van der Waals surface area contributed by atoms with Crippen LogP contribution in [-0.2, 0) is 0 Å². The average molecular weight is 355 g/mol. The second-order valence-corrected chi connectivity index (χ2v) is 6.02. The quantitative estimate of drug-likeness (QED) is 0.820. The highest BCUT2D eigenvalue weighted by Crippen LogP contribution is 2.39. The van der Waals surface area contributed by atoms with Gasteiger partial charge in [0, 0.05) is 28.2 Å². The molecule has 1 aromatic heterocycles. The maximum Gasteiger partial charge on any atom is 0.135 e. The number of hydrogen-bond donors (Lipinski definition) is 1. The molecule has 3 rings (SSSR count). The van der Waals surface area contributed by atoms with Gasteiger partial charge in [-0.25, -0.2) is 9.97 Å². The van der Waals surface area contributed by atoms with Crippen LogP contribution in [0.4, 0.5) is 11.5 Å². The highest BCUT2D eigenvalue weighted by Gasteiger charge is 2.27. The van der Waals surface area contributed by atoms with Crippen LogP contribution in [0.2, 0.25) is 5.15 Å². The molecule has 1 aliphatic carbocycles. The van der Waals surface area contributed by atoms with Crippen molar-refractivity contribution in [1.82, 2.24) is 9.97 Å². The molecule has 0 unspecified atom stereocenters. The molecule has 0 atom stereocenters. The van der Waals surface area contributed by atoms with Crippen molar-refractivity contribution >= 4 is 39.0 Å². The minimum atomic E-state index is 0.464. The Hall–Kier alpha value is -1.33. The van der Waals surface area contributed by atoms with E-state index in [1.807, 2.05) is 18.2 Å². The van der Waals surface area contributed by atoms with Gasteiger partial charge in [-0.1, -0.05) is 27.5 Å². The summed E-state index contributed by atoms with van der Waals surface area (Å²) in [6, 6.07) is 7.47. The summed E-state index contributed by atoms with van der Waals surface area (Å²) in [6.07, 6.45) is 2.29. The summed E-state index contributed by atoms with van der Waals surface area (Å²) in [5.74, 6) is 2.75. The van der Waals surface area contributed by atoms with E-state index >= 15 is 0 Å². The van der Waals surface area contributed by atoms with Crippen LogP contribution in [0.5, 0.6) is 5.75 Å². The van der Waals surface area contributed by atoms with E-state index in [1.165, 1.54) is 0 Å². The predicted octanol–water partition coefficient (Wildman–Crippen LogP) is 4.52. The van der Waals surface area contributed by atoms with Crippen molar-refractivity contribution in [3.63, 3.8) is 0 Å². The van der Waals surface area contributed by atoms with Crippen LogP contribution in [0.25, 0.3) is 0 Å². The molecule has 0 amide bonds. The van der Waals surface area contributed by atoms with E-state index in [4.69, 9.17) is 16.3 Å². The number of nitrogens with zero attached hydrogens (tertiary/aromatic N) is 2. The van der Waals surface area contributed by atoms with Crippen molar-refractivity contribution in [3.05, 3.63) is 39.7 Å². The molecule has 20 heavy (non-hydrogen) atoms. The lowest BCUT2D eigenvalue weighted by Crippen LogP contribution is -1.99. The van der Waals surface area contributed by atoms with E-state index in [0.29, 0.717) is 16.9 Å². The van der Waals surface area contributed by atoms with Gasteiger partial charge in [0.1, 0.15) is 22.5 Å². The molecule has 0 bridgehead atoms. The fraction of sp³-hybridized carbons (Fsp3) is 0.286. The van der Waals surface area contributed by atoms with Crippen LogP contribution in [0.15, 0.2) is 28.7 Å². The van der Waals surface area contributed by atoms with E-state index < -0.39 is 0 Å². The molecule has 1 N–H and O–H groups in total. The normalized spacial score (nSPS) is 14.2. The third-order valence-electron chi connectivity index (χ3n) is 3.03. The van der Waals surface area contributed by atoms with Crippen LogP contribution in [0.3, 0.4) is 0 Å². The minimum Gasteiger partial charge on any atom is -0.497 e. The fourth-order valence-corrected chi connectivity index (χ4v) is 2.59. The first-order valence-electron chi connectivity index (χ1n) is 6.30. The van der Waals surface area contributed by atoms with Gasteiger partial charge in [0.25, 0.3) is 0 Å². The fourth-order valence-electron chi connectivity index (χ4n) is 1.92. The Labute approximate surface area is 130 Å². The van der Waals surface area contributed by atoms with Gasteiger partial charge >= 0.3 is 0 Å². The van der Waals surface area contributed by atoms with E-state index in [2.05, 4.69) is 31.2 Å². The second kappa shape index (κ2) is 5.58. The maximum atomic E-state index is 6.05. The van der Waals surface area contributed by atoms with Crippen LogP contribution in [0, 0.1) is 0 Å². The van der Waals surface area contributed by atoms with E-state index in [9.17, 15) is 0 Å². The molecule has 1 fully saturated rings. The number of aromatic nitrogens is 2. The van der Waals surface area contributed by atoms with Crippen LogP contribution in [0.1, 0.15) is 24.6 Å². The molecule has 0 spiro atoms. The standard InChI is InChI=1S/C14H13BrClN3O/c1-20-11-5-9(15)4-10(6-11)17-13-7-12(16)18-14(19-13)8-2-3-8/h4-8H,2-3H2,1H3,(H,17,18,19). The van der Waals surface area contributed by atoms with Crippen LogP contribution >= 0.6 is 27.5 Å². The zero-order valence-electron chi connectivity index (χ0n) is 10.9. The molecule has 0 radical (unpaired) electrons. The number of methoxy groups -OCH3 is 1. The Morgan fingerprint density at radius 2 is 2.05 bits per heavy atom. The Morgan fingerprint density at radius 3 is 2.75 bits per heavy atom. The summed E-state index contributed by atoms with van der Waals surface area (Å²) in [5, 5.41) is 3.70. The molecule has 1 heterocycles. The molecule has 6 heteroatoms. The van der Waals surface area contributed by atoms with Gasteiger partial charge in [-0.15, -0.1) is 0 Å². The number of halogens is 2. The van der Waals surface area contributed by atoms with Crippen molar-refractivity contribution in [2.75, 3.05) is 12.4 Å². The average Bonchev–Trinajstić information content (AvgIpc) is 3.21. The molecule has 0 aliphatic heterocycles. The number of anilines is 2. The van der Waals surface area contributed by atoms with Gasteiger partial charge in [0.05, 0.1) is 7.11 Å². The van der Waals surface area contributed by atoms with E-state index in [-0.39, 0.29) is 0 Å². The third kappa shape index (κ3) is 3.22. The zero-order valence-corrected chi connectivity index (χ0v) is 13.2. The topological polar surface area (TPSA) is 47.0 Å². The summed E-state index contributed by atoms with van der Waals surface area (Å²) in [7, 11) is 1.64. The third-order valence-corrected chi connectivity index (χ3v) is 3.69. The molecule has 1 saturated carbocycles. The van der Waals surface area contributed by atoms with Gasteiger partial charge < -0.3 is 10.1 Å². The summed E-state index contributed by atoms with van der Waals surface area (Å²) < 4.78 is 6.17. The van der Waals surface area contributed by atoms with Crippen molar-refractivity contribution in [1.29, 1.82) is 0 Å². The Morgan fingerprint density at radius 1 is 1.25 bits per heavy atom. The molecular formula is C14H13BrClN3O. The highest BCUT2D eigenvalue weighted by atomic mass is 79.9. The van der Waals surface area contributed by atoms with Gasteiger partial charge in [0.15, 0.2) is 0 Å². The first-order valence-corrected chi connectivity index (χ1v) is 7.47. The van der Waals surface area contributed by atoms with Gasteiger partial charge in [-0.3, -0.25) is 0 Å². The lowest BCUT2D eigenvalue weighted by atomic mass is 10.3. The van der Waals surface area contributed by atoms with Crippen molar-refractivity contribution < 1.29 is 4.74 Å². The molecule has 0 saturated heterocycles. The molecule has 1 aromatic carbocycles. The van der Waals surface area contributed by atoms with Gasteiger partial charge in [-0.05, 0) is 25.0 Å². The zero-order chi connectivity index (χ0) is 14.1. The summed E-state index contributed by atoms with van der Waals surface area (Å²) in [5.41, 5.74) is 0.882. The summed E-state index contributed by atoms with van der Waals surface area (Å²) in [4.78, 5) is 8.78. The second-order valence-electron chi connectivity index (χ2n) is 4.71. The smallest absolute Gasteiger partial charge is 0.135 e. The number of rotatable bonds is 4. The number of nitrogens with one attached hydrogen (secondary N) is 1. The largest absolute Gasteiger partial charge is 0.497 e. The number of hydrogen-bond acceptors (Lipinski definition) is 4. The molecule has 104 valence electrons. The van der Waals surface area contributed by atoms with Crippen LogP contribution in [-0.4, -0.2) is 17.1 Å². The molecular weight excluding hydrogens is 342 g/mol. The molecule has 2 aromatic rings. The lowest BCUT2D eigenvalue weighted by Gasteiger charge is -2.10. The van der Waals surface area contributed by atoms with Crippen LogP contribution < -0.4 is 10.1 Å². The Bertz CT molecular complexity index is 646. The monoisotopic (exact) mass is 353 g/mol. The van der Waals surface area contributed by atoms with E-state index in [1.54, 1.807) is 13.2 Å². The van der Waals surface area contributed by atoms with Crippen molar-refractivity contribution in [3.8, 4) is 5.75 Å². The predicted molar refractivity (Wildman–Crippen MR) is 83.0 cm³/mol. The first-order chi connectivity index (χ1) is 9.64. The molecule has 4 nitrogen and oxygen atoms in total. The van der Waals surface area contributed by atoms with Gasteiger partial charge in [-0.2, -0.15) is 0 Å².